The van der Waals surface area contributed by atoms with Gasteiger partial charge in [0.25, 0.3) is 0 Å². The topological polar surface area (TPSA) is 102 Å². The lowest BCUT2D eigenvalue weighted by molar-refractivity contribution is -0.140. The largest absolute Gasteiger partial charge is 0.480 e. The summed E-state index contributed by atoms with van der Waals surface area (Å²) in [5.74, 6) is -1.28. The summed E-state index contributed by atoms with van der Waals surface area (Å²) in [5, 5.41) is 20.4. The van der Waals surface area contributed by atoms with Crippen LogP contribution in [0.3, 0.4) is 0 Å². The molecule has 0 aromatic rings. The molecule has 4 N–H and O–H groups in total. The molecule has 0 aromatic heterocycles. The first-order chi connectivity index (χ1) is 5.97. The van der Waals surface area contributed by atoms with E-state index in [0.29, 0.717) is 0 Å². The van der Waals surface area contributed by atoms with Crippen molar-refractivity contribution in [2.45, 2.75) is 6.04 Å². The number of nitrogens with one attached hydrogen (secondary N) is 2. The van der Waals surface area contributed by atoms with Crippen LogP contribution in [0.1, 0.15) is 0 Å². The van der Waals surface area contributed by atoms with Gasteiger partial charge in [0, 0.05) is 14.1 Å². The first kappa shape index (κ1) is 11.7. The van der Waals surface area contributed by atoms with Crippen LogP contribution in [0.25, 0.3) is 0 Å². The number of carboxylic acids is 1. The third-order valence-corrected chi connectivity index (χ3v) is 1.11. The normalized spacial score (nSPS) is 12.3. The van der Waals surface area contributed by atoms with Crippen LogP contribution in [0.2, 0.25) is 0 Å². The van der Waals surface area contributed by atoms with Gasteiger partial charge in [-0.3, -0.25) is 5.43 Å². The lowest BCUT2D eigenvalue weighted by atomic mass is 10.3. The van der Waals surface area contributed by atoms with Crippen molar-refractivity contribution in [2.75, 3.05) is 20.7 Å². The molecule has 0 saturated carbocycles. The molecule has 0 radical (unpaired) electrons. The Morgan fingerprint density at radius 2 is 2.00 bits per heavy atom. The van der Waals surface area contributed by atoms with Gasteiger partial charge in [0.05, 0.1) is 6.61 Å². The van der Waals surface area contributed by atoms with E-state index < -0.39 is 24.6 Å². The minimum absolute atomic E-state index is 0.643. The quantitative estimate of drug-likeness (QED) is 0.393. The maximum atomic E-state index is 10.9. The van der Waals surface area contributed by atoms with Gasteiger partial charge < -0.3 is 15.5 Å². The number of aliphatic carboxylic acids is 1. The summed E-state index contributed by atoms with van der Waals surface area (Å²) < 4.78 is 0. The minimum Gasteiger partial charge on any atom is -0.480 e. The van der Waals surface area contributed by atoms with Crippen molar-refractivity contribution in [1.29, 1.82) is 0 Å². The maximum absolute atomic E-state index is 10.9. The second-order valence-corrected chi connectivity index (χ2v) is 2.55. The average Bonchev–Trinajstić information content (AvgIpc) is 1.98. The van der Waals surface area contributed by atoms with E-state index in [1.165, 1.54) is 5.01 Å². The summed E-state index contributed by atoms with van der Waals surface area (Å²) in [6.07, 6.45) is 0. The van der Waals surface area contributed by atoms with Gasteiger partial charge in [-0.2, -0.15) is 0 Å². The first-order valence-electron chi connectivity index (χ1n) is 3.55. The fourth-order valence-electron chi connectivity index (χ4n) is 0.579. The Morgan fingerprint density at radius 3 is 2.31 bits per heavy atom. The van der Waals surface area contributed by atoms with Crippen LogP contribution in [0.5, 0.6) is 0 Å². The van der Waals surface area contributed by atoms with Crippen molar-refractivity contribution < 1.29 is 19.8 Å². The highest BCUT2D eigenvalue weighted by Crippen LogP contribution is 1.81. The van der Waals surface area contributed by atoms with Gasteiger partial charge in [0.15, 0.2) is 6.04 Å². The number of hydrogen-bond donors (Lipinski definition) is 4. The molecule has 2 amide bonds. The van der Waals surface area contributed by atoms with Crippen molar-refractivity contribution in [1.82, 2.24) is 15.8 Å². The Hall–Kier alpha value is -1.34. The number of hydrazine groups is 1. The first-order valence-corrected chi connectivity index (χ1v) is 3.55. The maximum Gasteiger partial charge on any atom is 0.330 e. The zero-order valence-corrected chi connectivity index (χ0v) is 7.44. The molecule has 0 heterocycles. The highest BCUT2D eigenvalue weighted by molar-refractivity contribution is 5.82. The Morgan fingerprint density at radius 1 is 1.46 bits per heavy atom. The summed E-state index contributed by atoms with van der Waals surface area (Å²) in [4.78, 5) is 21.2. The van der Waals surface area contributed by atoms with Gasteiger partial charge in [-0.25, -0.2) is 14.6 Å². The second-order valence-electron chi connectivity index (χ2n) is 2.55. The van der Waals surface area contributed by atoms with Gasteiger partial charge in [-0.15, -0.1) is 0 Å². The Labute approximate surface area is 75.3 Å². The predicted molar refractivity (Wildman–Crippen MR) is 43.9 cm³/mol. The number of aliphatic hydroxyl groups is 1. The molecule has 0 aromatic carbocycles. The van der Waals surface area contributed by atoms with Crippen LogP contribution in [0.15, 0.2) is 0 Å². The number of aliphatic hydroxyl groups excluding tert-OH is 1. The van der Waals surface area contributed by atoms with Gasteiger partial charge in [-0.05, 0) is 0 Å². The van der Waals surface area contributed by atoms with E-state index >= 15 is 0 Å². The van der Waals surface area contributed by atoms with Crippen molar-refractivity contribution in [3.8, 4) is 0 Å². The molecule has 7 heteroatoms. The molecule has 13 heavy (non-hydrogen) atoms. The molecule has 1 atom stereocenters. The Balaban J connectivity index is 3.94. The molecule has 7 nitrogen and oxygen atoms in total. The van der Waals surface area contributed by atoms with Gasteiger partial charge in [0.2, 0.25) is 0 Å². The number of nitrogens with zero attached hydrogens (tertiary/aromatic N) is 1. The van der Waals surface area contributed by atoms with Crippen LogP contribution < -0.4 is 10.7 Å². The van der Waals surface area contributed by atoms with E-state index in [2.05, 4.69) is 10.7 Å². The number of carbonyl (C=O) groups excluding carboxylic acids is 1. The number of amides is 2. The van der Waals surface area contributed by atoms with E-state index in [4.69, 9.17) is 10.2 Å². The zero-order chi connectivity index (χ0) is 10.4. The molecule has 0 rings (SSSR count). The molecule has 0 fully saturated rings. The van der Waals surface area contributed by atoms with Crippen molar-refractivity contribution in [2.24, 2.45) is 0 Å². The summed E-state index contributed by atoms with van der Waals surface area (Å²) >= 11 is 0. The number of urea groups is 1. The lowest BCUT2D eigenvalue weighted by Crippen LogP contribution is -2.51. The highest BCUT2D eigenvalue weighted by atomic mass is 16.4. The van der Waals surface area contributed by atoms with E-state index in [0.717, 1.165) is 0 Å². The summed E-state index contributed by atoms with van der Waals surface area (Å²) in [5.41, 5.74) is 2.27. The molecule has 0 saturated heterocycles. The molecule has 0 spiro atoms. The summed E-state index contributed by atoms with van der Waals surface area (Å²) in [6, 6.07) is -1.95. The molecule has 0 aliphatic rings. The van der Waals surface area contributed by atoms with E-state index in [9.17, 15) is 9.59 Å². The van der Waals surface area contributed by atoms with Crippen molar-refractivity contribution in [3.63, 3.8) is 0 Å². The van der Waals surface area contributed by atoms with Crippen molar-refractivity contribution in [3.05, 3.63) is 0 Å². The van der Waals surface area contributed by atoms with E-state index in [-0.39, 0.29) is 0 Å². The fraction of sp³-hybridized carbons (Fsp3) is 0.667. The van der Waals surface area contributed by atoms with Crippen molar-refractivity contribution >= 4 is 12.0 Å². The monoisotopic (exact) mass is 191 g/mol. The minimum atomic E-state index is -1.28. The zero-order valence-electron chi connectivity index (χ0n) is 7.44. The molecule has 76 valence electrons. The number of hydrogen-bond acceptors (Lipinski definition) is 4. The fourth-order valence-corrected chi connectivity index (χ4v) is 0.579. The highest BCUT2D eigenvalue weighted by Gasteiger charge is 2.18. The van der Waals surface area contributed by atoms with Crippen LogP contribution >= 0.6 is 0 Å². The number of carboxylic acid groups (broad SMARTS) is 1. The van der Waals surface area contributed by atoms with Crippen LogP contribution in [0.4, 0.5) is 4.79 Å². The number of rotatable bonds is 4. The van der Waals surface area contributed by atoms with E-state index in [1.54, 1.807) is 14.1 Å². The Bertz CT molecular complexity index is 194. The van der Waals surface area contributed by atoms with E-state index in [1.807, 2.05) is 0 Å². The van der Waals surface area contributed by atoms with Crippen LogP contribution in [0, 0.1) is 0 Å². The number of carbonyl (C=O) groups is 2. The lowest BCUT2D eigenvalue weighted by Gasteiger charge is -2.15. The third kappa shape index (κ3) is 4.99. The summed E-state index contributed by atoms with van der Waals surface area (Å²) in [6.45, 7) is -0.643. The second kappa shape index (κ2) is 5.33. The molecular weight excluding hydrogens is 178 g/mol. The van der Waals surface area contributed by atoms with Gasteiger partial charge in [-0.1, -0.05) is 0 Å². The van der Waals surface area contributed by atoms with Gasteiger partial charge in [0.1, 0.15) is 0 Å². The molecular formula is C6H13N3O4. The molecule has 0 aliphatic heterocycles. The molecule has 0 bridgehead atoms. The SMILES string of the molecule is CN(C)NC(=O)N[C@H](CO)C(=O)O. The van der Waals surface area contributed by atoms with Crippen LogP contribution in [-0.4, -0.2) is 54.0 Å². The predicted octanol–water partition coefficient (Wildman–Crippen LogP) is -1.79. The standard InChI is InChI=1S/C6H13N3O4/c1-9(2)8-6(13)7-4(3-10)5(11)12/h4,10H,3H2,1-2H3,(H,11,12)(H2,7,8,13)/t4-/m1/s1. The molecule has 0 aliphatic carbocycles. The van der Waals surface area contributed by atoms with Gasteiger partial charge >= 0.3 is 12.0 Å². The third-order valence-electron chi connectivity index (χ3n) is 1.11. The Kier molecular flexibility index (Phi) is 4.78. The molecule has 0 unspecified atom stereocenters. The van der Waals surface area contributed by atoms with Crippen LogP contribution in [-0.2, 0) is 4.79 Å². The average molecular weight is 191 g/mol. The summed E-state index contributed by atoms with van der Waals surface area (Å²) in [7, 11) is 3.16. The smallest absolute Gasteiger partial charge is 0.330 e.